The zero-order chi connectivity index (χ0) is 26.3. The number of morpholine rings is 1. The molecule has 0 radical (unpaired) electrons. The molecule has 1 aliphatic rings. The van der Waals surface area contributed by atoms with Gasteiger partial charge in [0.05, 0.1) is 25.2 Å². The van der Waals surface area contributed by atoms with Gasteiger partial charge in [-0.3, -0.25) is 13.9 Å². The van der Waals surface area contributed by atoms with Crippen LogP contribution in [0.2, 0.25) is 0 Å². The van der Waals surface area contributed by atoms with Crippen LogP contribution in [0.3, 0.4) is 0 Å². The molecule has 0 atom stereocenters. The van der Waals surface area contributed by atoms with Crippen LogP contribution in [-0.4, -0.2) is 69.1 Å². The van der Waals surface area contributed by atoms with Gasteiger partial charge in [-0.2, -0.15) is 0 Å². The standard InChI is InChI=1S/C28H31N3O5S/c1-37(34,35)31(26-14-12-25(13-15-26)28(33)29-16-18-36-19-17-29)22-27(32)30(20-23-8-4-2-5-9-23)21-24-10-6-3-7-11-24/h2-15H,16-22H2,1H3. The number of amides is 2. The van der Waals surface area contributed by atoms with Gasteiger partial charge in [0, 0.05) is 31.7 Å². The molecule has 1 aliphatic heterocycles. The average Bonchev–Trinajstić information content (AvgIpc) is 2.92. The molecule has 3 aromatic carbocycles. The van der Waals surface area contributed by atoms with Crippen LogP contribution in [-0.2, 0) is 32.6 Å². The van der Waals surface area contributed by atoms with Crippen LogP contribution in [0.4, 0.5) is 5.69 Å². The maximum absolute atomic E-state index is 13.5. The minimum absolute atomic E-state index is 0.131. The first-order chi connectivity index (χ1) is 17.8. The average molecular weight is 522 g/mol. The summed E-state index contributed by atoms with van der Waals surface area (Å²) in [6, 6.07) is 25.5. The molecule has 9 heteroatoms. The van der Waals surface area contributed by atoms with Crippen molar-refractivity contribution in [2.45, 2.75) is 13.1 Å². The molecule has 4 rings (SSSR count). The largest absolute Gasteiger partial charge is 0.378 e. The first-order valence-electron chi connectivity index (χ1n) is 12.1. The van der Waals surface area contributed by atoms with E-state index in [-0.39, 0.29) is 18.4 Å². The number of benzene rings is 3. The Balaban J connectivity index is 1.54. The molecule has 0 saturated carbocycles. The van der Waals surface area contributed by atoms with Crippen LogP contribution in [0.5, 0.6) is 0 Å². The summed E-state index contributed by atoms with van der Waals surface area (Å²) in [7, 11) is -3.77. The molecule has 1 heterocycles. The molecule has 194 valence electrons. The Morgan fingerprint density at radius 1 is 0.811 bits per heavy atom. The summed E-state index contributed by atoms with van der Waals surface area (Å²) in [6.07, 6.45) is 1.08. The number of carbonyl (C=O) groups excluding carboxylic acids is 2. The van der Waals surface area contributed by atoms with Gasteiger partial charge in [-0.15, -0.1) is 0 Å². The molecule has 0 bridgehead atoms. The highest BCUT2D eigenvalue weighted by atomic mass is 32.2. The molecule has 0 N–H and O–H groups in total. The zero-order valence-electron chi connectivity index (χ0n) is 20.8. The number of hydrogen-bond acceptors (Lipinski definition) is 5. The fourth-order valence-corrected chi connectivity index (χ4v) is 5.03. The van der Waals surface area contributed by atoms with Gasteiger partial charge in [-0.05, 0) is 35.4 Å². The number of ether oxygens (including phenoxy) is 1. The molecule has 0 aliphatic carbocycles. The minimum atomic E-state index is -3.77. The minimum Gasteiger partial charge on any atom is -0.378 e. The van der Waals surface area contributed by atoms with Gasteiger partial charge in [0.25, 0.3) is 5.91 Å². The van der Waals surface area contributed by atoms with E-state index in [1.165, 1.54) is 0 Å². The predicted molar refractivity (Wildman–Crippen MR) is 142 cm³/mol. The number of hydrogen-bond donors (Lipinski definition) is 0. The Morgan fingerprint density at radius 2 is 1.32 bits per heavy atom. The highest BCUT2D eigenvalue weighted by molar-refractivity contribution is 7.92. The van der Waals surface area contributed by atoms with E-state index < -0.39 is 10.0 Å². The molecule has 37 heavy (non-hydrogen) atoms. The number of anilines is 1. The lowest BCUT2D eigenvalue weighted by Crippen LogP contribution is -2.42. The van der Waals surface area contributed by atoms with Crippen LogP contribution in [0, 0.1) is 0 Å². The van der Waals surface area contributed by atoms with Crippen molar-refractivity contribution in [3.05, 3.63) is 102 Å². The molecular formula is C28H31N3O5S. The summed E-state index contributed by atoms with van der Waals surface area (Å²) < 4.78 is 31.9. The molecule has 1 saturated heterocycles. The number of rotatable bonds is 9. The van der Waals surface area contributed by atoms with Crippen molar-refractivity contribution in [2.75, 3.05) is 43.4 Å². The smallest absolute Gasteiger partial charge is 0.254 e. The van der Waals surface area contributed by atoms with Gasteiger partial charge in [0.15, 0.2) is 0 Å². The lowest BCUT2D eigenvalue weighted by Gasteiger charge is -2.28. The Labute approximate surface area is 218 Å². The van der Waals surface area contributed by atoms with Crippen LogP contribution in [0.25, 0.3) is 0 Å². The van der Waals surface area contributed by atoms with Crippen molar-refractivity contribution in [2.24, 2.45) is 0 Å². The summed E-state index contributed by atoms with van der Waals surface area (Å²) >= 11 is 0. The molecule has 8 nitrogen and oxygen atoms in total. The lowest BCUT2D eigenvalue weighted by molar-refractivity contribution is -0.130. The first-order valence-corrected chi connectivity index (χ1v) is 14.0. The van der Waals surface area contributed by atoms with Gasteiger partial charge < -0.3 is 14.5 Å². The third-order valence-electron chi connectivity index (χ3n) is 6.16. The monoisotopic (exact) mass is 521 g/mol. The zero-order valence-corrected chi connectivity index (χ0v) is 21.6. The molecule has 2 amide bonds. The molecule has 1 fully saturated rings. The molecule has 0 aromatic heterocycles. The van der Waals surface area contributed by atoms with Crippen molar-refractivity contribution in [3.8, 4) is 0 Å². The van der Waals surface area contributed by atoms with Crippen molar-refractivity contribution in [1.29, 1.82) is 0 Å². The highest BCUT2D eigenvalue weighted by Crippen LogP contribution is 2.21. The number of nitrogens with zero attached hydrogens (tertiary/aromatic N) is 3. The van der Waals surface area contributed by atoms with Crippen molar-refractivity contribution in [3.63, 3.8) is 0 Å². The van der Waals surface area contributed by atoms with Gasteiger partial charge in [0.1, 0.15) is 6.54 Å². The van der Waals surface area contributed by atoms with Gasteiger partial charge >= 0.3 is 0 Å². The maximum Gasteiger partial charge on any atom is 0.254 e. The third-order valence-corrected chi connectivity index (χ3v) is 7.31. The quantitative estimate of drug-likeness (QED) is 0.432. The lowest BCUT2D eigenvalue weighted by atomic mass is 10.1. The van der Waals surface area contributed by atoms with Crippen molar-refractivity contribution < 1.29 is 22.7 Å². The molecule has 3 aromatic rings. The summed E-state index contributed by atoms with van der Waals surface area (Å²) in [5, 5.41) is 0. The van der Waals surface area contributed by atoms with Gasteiger partial charge in [-0.25, -0.2) is 8.42 Å². The third kappa shape index (κ3) is 7.18. The molecule has 0 spiro atoms. The van der Waals surface area contributed by atoms with E-state index >= 15 is 0 Å². The van der Waals surface area contributed by atoms with E-state index in [9.17, 15) is 18.0 Å². The van der Waals surface area contributed by atoms with E-state index in [1.54, 1.807) is 34.1 Å². The van der Waals surface area contributed by atoms with Gasteiger partial charge in [0.2, 0.25) is 15.9 Å². The van der Waals surface area contributed by atoms with Crippen LogP contribution >= 0.6 is 0 Å². The second-order valence-electron chi connectivity index (χ2n) is 8.94. The van der Waals surface area contributed by atoms with E-state index in [4.69, 9.17) is 4.74 Å². The number of sulfonamides is 1. The Hall–Kier alpha value is -3.69. The fourth-order valence-electron chi connectivity index (χ4n) is 4.18. The van der Waals surface area contributed by atoms with E-state index in [2.05, 4.69) is 0 Å². The summed E-state index contributed by atoms with van der Waals surface area (Å²) in [4.78, 5) is 29.6. The van der Waals surface area contributed by atoms with Crippen LogP contribution in [0.1, 0.15) is 21.5 Å². The fraction of sp³-hybridized carbons (Fsp3) is 0.286. The second kappa shape index (κ2) is 12.0. The van der Waals surface area contributed by atoms with E-state index in [0.717, 1.165) is 21.7 Å². The van der Waals surface area contributed by atoms with Crippen LogP contribution < -0.4 is 4.31 Å². The molecule has 0 unspecified atom stereocenters. The molecular weight excluding hydrogens is 490 g/mol. The number of carbonyl (C=O) groups is 2. The van der Waals surface area contributed by atoms with Crippen molar-refractivity contribution >= 4 is 27.5 Å². The Kier molecular flexibility index (Phi) is 8.58. The second-order valence-corrected chi connectivity index (χ2v) is 10.8. The SMILES string of the molecule is CS(=O)(=O)N(CC(=O)N(Cc1ccccc1)Cc1ccccc1)c1ccc(C(=O)N2CCOCC2)cc1. The Morgan fingerprint density at radius 3 is 1.81 bits per heavy atom. The highest BCUT2D eigenvalue weighted by Gasteiger charge is 2.25. The normalized spacial score (nSPS) is 13.7. The Bertz CT molecular complexity index is 1250. The summed E-state index contributed by atoms with van der Waals surface area (Å²) in [6.45, 7) is 2.37. The van der Waals surface area contributed by atoms with Crippen LogP contribution in [0.15, 0.2) is 84.9 Å². The first kappa shape index (κ1) is 26.4. The van der Waals surface area contributed by atoms with E-state index in [1.807, 2.05) is 60.7 Å². The maximum atomic E-state index is 13.5. The summed E-state index contributed by atoms with van der Waals surface area (Å²) in [5.41, 5.74) is 2.68. The van der Waals surface area contributed by atoms with Crippen molar-refractivity contribution in [1.82, 2.24) is 9.80 Å². The summed E-state index contributed by atoms with van der Waals surface area (Å²) in [5.74, 6) is -0.458. The van der Waals surface area contributed by atoms with Gasteiger partial charge in [-0.1, -0.05) is 60.7 Å². The topological polar surface area (TPSA) is 87.2 Å². The predicted octanol–water partition coefficient (Wildman–Crippen LogP) is 3.15. The van der Waals surface area contributed by atoms with E-state index in [0.29, 0.717) is 50.6 Å².